The minimum Gasteiger partial charge on any atom is -0.256 e. The van der Waals surface area contributed by atoms with Gasteiger partial charge in [-0.1, -0.05) is 38.6 Å². The van der Waals surface area contributed by atoms with E-state index in [1.54, 1.807) is 0 Å². The van der Waals surface area contributed by atoms with Crippen molar-refractivity contribution in [2.24, 2.45) is 0 Å². The number of hydrogen-bond acceptors (Lipinski definition) is 1. The van der Waals surface area contributed by atoms with E-state index >= 15 is 0 Å². The van der Waals surface area contributed by atoms with Crippen molar-refractivity contribution in [2.75, 3.05) is 0 Å². The summed E-state index contributed by atoms with van der Waals surface area (Å²) in [6.07, 6.45) is 8.28. The summed E-state index contributed by atoms with van der Waals surface area (Å²) in [4.78, 5) is 4.43. The zero-order chi connectivity index (χ0) is 14.4. The highest BCUT2D eigenvalue weighted by Gasteiger charge is 2.11. The van der Waals surface area contributed by atoms with Crippen LogP contribution in [0.5, 0.6) is 0 Å². The normalized spacial score (nSPS) is 14.1. The molecule has 0 fully saturated rings. The number of nitrogens with zero attached hydrogens (tertiary/aromatic N) is 1. The van der Waals surface area contributed by atoms with Crippen LogP contribution in [0.15, 0.2) is 53.5 Å². The number of hydrogen-bond donors (Lipinski definition) is 0. The average Bonchev–Trinajstić information content (AvgIpc) is 2.36. The third kappa shape index (κ3) is 4.01. The zero-order valence-corrected chi connectivity index (χ0v) is 13.4. The van der Waals surface area contributed by atoms with Gasteiger partial charge in [0.25, 0.3) is 0 Å². The molecule has 0 bridgehead atoms. The Hall–Kier alpha value is -1.46. The summed E-state index contributed by atoms with van der Waals surface area (Å²) in [5.74, 6) is 2.21. The van der Waals surface area contributed by atoms with Gasteiger partial charge in [0.1, 0.15) is 0 Å². The molecule has 0 unspecified atom stereocenters. The molecule has 0 saturated heterocycles. The van der Waals surface area contributed by atoms with Crippen molar-refractivity contribution in [3.8, 4) is 0 Å². The van der Waals surface area contributed by atoms with E-state index in [2.05, 4.69) is 56.4 Å². The number of rotatable bonds is 4. The lowest BCUT2D eigenvalue weighted by atomic mass is 9.91. The Labute approximate surface area is 118 Å². The van der Waals surface area contributed by atoms with Gasteiger partial charge < -0.3 is 0 Å². The fourth-order valence-electron chi connectivity index (χ4n) is 2.10. The van der Waals surface area contributed by atoms with E-state index < -0.39 is 0 Å². The molecule has 0 N–H and O–H groups in total. The fraction of sp³-hybridized carbons (Fsp3) is 0.294. The highest BCUT2D eigenvalue weighted by molar-refractivity contribution is 7.29. The standard InChI is InChI=1S/C17H22NP/c1-7-9-13(5)17(12(3)4)16(8-2)15-10-18-14(6)19-11-15/h7-11H,3H2,1-2,4-6H3/b9-7-,16-8-,17-13+. The van der Waals surface area contributed by atoms with Crippen LogP contribution in [-0.2, 0) is 0 Å². The molecule has 0 aliphatic heterocycles. The minimum atomic E-state index is 1.08. The van der Waals surface area contributed by atoms with Gasteiger partial charge in [0.2, 0.25) is 0 Å². The smallest absolute Gasteiger partial charge is 0.0640 e. The Kier molecular flexibility index (Phi) is 5.92. The molecule has 0 radical (unpaired) electrons. The molecule has 19 heavy (non-hydrogen) atoms. The van der Waals surface area contributed by atoms with Crippen LogP contribution in [0.25, 0.3) is 5.57 Å². The molecule has 0 amide bonds. The number of aryl methyl sites for hydroxylation is 1. The summed E-state index contributed by atoms with van der Waals surface area (Å²) in [5.41, 5.74) is 7.06. The van der Waals surface area contributed by atoms with Crippen molar-refractivity contribution in [1.82, 2.24) is 4.98 Å². The van der Waals surface area contributed by atoms with Crippen molar-refractivity contribution in [3.63, 3.8) is 0 Å². The number of aromatic nitrogens is 1. The average molecular weight is 271 g/mol. The second-order valence-electron chi connectivity index (χ2n) is 4.56. The molecule has 0 aromatic carbocycles. The summed E-state index contributed by atoms with van der Waals surface area (Å²) in [6, 6.07) is 0. The highest BCUT2D eigenvalue weighted by Crippen LogP contribution is 2.32. The van der Waals surface area contributed by atoms with Crippen LogP contribution in [-0.4, -0.2) is 4.98 Å². The van der Waals surface area contributed by atoms with Gasteiger partial charge in [-0.3, -0.25) is 4.98 Å². The van der Waals surface area contributed by atoms with Crippen molar-refractivity contribution >= 4 is 13.8 Å². The first-order valence-electron chi connectivity index (χ1n) is 6.46. The Bertz CT molecular complexity index is 545. The molecule has 0 atom stereocenters. The van der Waals surface area contributed by atoms with Gasteiger partial charge in [-0.15, -0.1) is 0 Å². The second kappa shape index (κ2) is 7.21. The van der Waals surface area contributed by atoms with E-state index in [9.17, 15) is 0 Å². The quantitative estimate of drug-likeness (QED) is 0.627. The van der Waals surface area contributed by atoms with Gasteiger partial charge in [0.15, 0.2) is 0 Å². The third-order valence-electron chi connectivity index (χ3n) is 2.89. The summed E-state index contributed by atoms with van der Waals surface area (Å²) < 4.78 is 0. The molecule has 0 aliphatic rings. The molecule has 100 valence electrons. The van der Waals surface area contributed by atoms with E-state index in [-0.39, 0.29) is 0 Å². The number of allylic oxidation sites excluding steroid dienone is 7. The molecule has 1 rings (SSSR count). The highest BCUT2D eigenvalue weighted by atomic mass is 31.0. The Morgan fingerprint density at radius 1 is 1.32 bits per heavy atom. The van der Waals surface area contributed by atoms with Gasteiger partial charge >= 0.3 is 0 Å². The van der Waals surface area contributed by atoms with E-state index in [0.29, 0.717) is 0 Å². The van der Waals surface area contributed by atoms with E-state index in [0.717, 1.165) is 11.0 Å². The molecule has 1 nitrogen and oxygen atoms in total. The van der Waals surface area contributed by atoms with Gasteiger partial charge in [-0.2, -0.15) is 0 Å². The van der Waals surface area contributed by atoms with Crippen LogP contribution in [0, 0.1) is 6.92 Å². The maximum atomic E-state index is 4.43. The van der Waals surface area contributed by atoms with Crippen LogP contribution >= 0.6 is 8.19 Å². The predicted molar refractivity (Wildman–Crippen MR) is 87.5 cm³/mol. The lowest BCUT2D eigenvalue weighted by molar-refractivity contribution is 1.25. The lowest BCUT2D eigenvalue weighted by Crippen LogP contribution is -1.95. The molecular weight excluding hydrogens is 249 g/mol. The van der Waals surface area contributed by atoms with Gasteiger partial charge in [-0.25, -0.2) is 0 Å². The van der Waals surface area contributed by atoms with E-state index in [1.165, 1.54) is 30.5 Å². The van der Waals surface area contributed by atoms with Crippen LogP contribution in [0.1, 0.15) is 38.7 Å². The van der Waals surface area contributed by atoms with Crippen LogP contribution in [0.2, 0.25) is 0 Å². The Morgan fingerprint density at radius 2 is 2.00 bits per heavy atom. The largest absolute Gasteiger partial charge is 0.256 e. The first-order valence-corrected chi connectivity index (χ1v) is 7.42. The van der Waals surface area contributed by atoms with Crippen molar-refractivity contribution in [2.45, 2.75) is 34.6 Å². The molecular formula is C17H22NP. The Morgan fingerprint density at radius 3 is 2.42 bits per heavy atom. The fourth-order valence-corrected chi connectivity index (χ4v) is 2.76. The molecule has 1 aromatic rings. The summed E-state index contributed by atoms with van der Waals surface area (Å²) in [6.45, 7) is 14.5. The minimum absolute atomic E-state index is 1.08. The molecule has 0 spiro atoms. The van der Waals surface area contributed by atoms with Crippen LogP contribution in [0.3, 0.4) is 0 Å². The van der Waals surface area contributed by atoms with Crippen LogP contribution in [0.4, 0.5) is 0 Å². The van der Waals surface area contributed by atoms with E-state index in [1.807, 2.05) is 20.0 Å². The monoisotopic (exact) mass is 271 g/mol. The Balaban J connectivity index is 3.39. The first kappa shape index (κ1) is 15.6. The van der Waals surface area contributed by atoms with Gasteiger partial charge in [0.05, 0.1) is 5.43 Å². The summed E-state index contributed by atoms with van der Waals surface area (Å²) in [5, 5.41) is 0. The SMILES string of the molecule is C=C(C)C(/C(=C\C)c1cnc(C)pc1)=C(C)\C=C/C. The van der Waals surface area contributed by atoms with Gasteiger partial charge in [-0.05, 0) is 57.1 Å². The van der Waals surface area contributed by atoms with Crippen LogP contribution < -0.4 is 0 Å². The summed E-state index contributed by atoms with van der Waals surface area (Å²) >= 11 is 0. The second-order valence-corrected chi connectivity index (χ2v) is 5.72. The third-order valence-corrected chi connectivity index (χ3v) is 3.78. The lowest BCUT2D eigenvalue weighted by Gasteiger charge is -2.15. The summed E-state index contributed by atoms with van der Waals surface area (Å²) in [7, 11) is 1.17. The molecule has 2 heteroatoms. The zero-order valence-electron chi connectivity index (χ0n) is 12.5. The van der Waals surface area contributed by atoms with Crippen molar-refractivity contribution < 1.29 is 0 Å². The molecule has 1 heterocycles. The van der Waals surface area contributed by atoms with Crippen molar-refractivity contribution in [3.05, 3.63) is 64.5 Å². The molecule has 0 aliphatic carbocycles. The predicted octanol–water partition coefficient (Wildman–Crippen LogP) is 5.84. The molecule has 1 aromatic heterocycles. The molecule has 0 saturated carbocycles. The van der Waals surface area contributed by atoms with Crippen molar-refractivity contribution in [1.29, 1.82) is 0 Å². The van der Waals surface area contributed by atoms with Gasteiger partial charge in [0, 0.05) is 11.8 Å². The topological polar surface area (TPSA) is 12.9 Å². The first-order chi connectivity index (χ1) is 9.01. The maximum Gasteiger partial charge on any atom is 0.0640 e. The maximum absolute atomic E-state index is 4.43. The van der Waals surface area contributed by atoms with E-state index in [4.69, 9.17) is 0 Å².